The third-order valence-corrected chi connectivity index (χ3v) is 8.10. The van der Waals surface area contributed by atoms with Crippen LogP contribution in [0, 0.1) is 0 Å². The first-order valence-corrected chi connectivity index (χ1v) is 14.5. The summed E-state index contributed by atoms with van der Waals surface area (Å²) in [5.74, 6) is 2.18. The van der Waals surface area contributed by atoms with Crippen molar-refractivity contribution >= 4 is 29.3 Å². The van der Waals surface area contributed by atoms with E-state index in [1.807, 2.05) is 48.5 Å². The van der Waals surface area contributed by atoms with Crippen LogP contribution in [0.3, 0.4) is 0 Å². The molecule has 2 amide bonds. The smallest absolute Gasteiger partial charge is 0.255 e. The summed E-state index contributed by atoms with van der Waals surface area (Å²) in [6.07, 6.45) is 0.565. The summed E-state index contributed by atoms with van der Waals surface area (Å²) >= 11 is 1.26. The van der Waals surface area contributed by atoms with Gasteiger partial charge in [-0.25, -0.2) is 5.01 Å². The number of benzene rings is 3. The number of carbonyl (C=O) groups excluding carboxylic acids is 2. The van der Waals surface area contributed by atoms with Crippen LogP contribution in [0.25, 0.3) is 0 Å². The number of methoxy groups -OCH3 is 3. The molecule has 1 atom stereocenters. The van der Waals surface area contributed by atoms with Gasteiger partial charge in [0.25, 0.3) is 11.8 Å². The Bertz CT molecular complexity index is 1620. The second kappa shape index (κ2) is 13.4. The Balaban J connectivity index is 1.27. The highest BCUT2D eigenvalue weighted by Crippen LogP contribution is 2.35. The normalized spacial score (nSPS) is 14.3. The lowest BCUT2D eigenvalue weighted by atomic mass is 9.98. The van der Waals surface area contributed by atoms with Gasteiger partial charge in [0.1, 0.15) is 17.2 Å². The van der Waals surface area contributed by atoms with Crippen molar-refractivity contribution in [3.63, 3.8) is 0 Å². The molecule has 0 fully saturated rings. The first-order valence-electron chi connectivity index (χ1n) is 13.5. The van der Waals surface area contributed by atoms with E-state index in [2.05, 4.69) is 15.5 Å². The Morgan fingerprint density at radius 3 is 2.26 bits per heavy atom. The molecule has 0 spiro atoms. The van der Waals surface area contributed by atoms with Crippen LogP contribution in [0.15, 0.2) is 83.1 Å². The summed E-state index contributed by atoms with van der Waals surface area (Å²) in [5, 5.41) is 18.2. The van der Waals surface area contributed by atoms with Crippen LogP contribution < -0.4 is 19.5 Å². The van der Waals surface area contributed by atoms with Crippen molar-refractivity contribution in [3.05, 3.63) is 95.3 Å². The SMILES string of the molecule is COc1ccc(C2=NN(C(=O)CSc3nnc(CNC(=O)c4ccccc4OC)n3C)[C@@H](c3ccc(OC)cc3)C2)cc1. The average molecular weight is 601 g/mol. The zero-order valence-corrected chi connectivity index (χ0v) is 25.1. The second-order valence-corrected chi connectivity index (χ2v) is 10.6. The van der Waals surface area contributed by atoms with Crippen molar-refractivity contribution in [2.45, 2.75) is 24.2 Å². The number of carbonyl (C=O) groups is 2. The number of aromatic nitrogens is 3. The number of nitrogens with zero attached hydrogens (tertiary/aromatic N) is 5. The molecular formula is C31H32N6O5S. The van der Waals surface area contributed by atoms with E-state index < -0.39 is 0 Å². The lowest BCUT2D eigenvalue weighted by Crippen LogP contribution is -2.28. The molecule has 0 bridgehead atoms. The van der Waals surface area contributed by atoms with Gasteiger partial charge in [-0.15, -0.1) is 10.2 Å². The molecule has 11 nitrogen and oxygen atoms in total. The molecule has 1 aliphatic heterocycles. The molecule has 12 heteroatoms. The molecule has 4 aromatic rings. The van der Waals surface area contributed by atoms with Gasteiger partial charge in [-0.05, 0) is 59.7 Å². The van der Waals surface area contributed by atoms with Gasteiger partial charge in [-0.3, -0.25) is 9.59 Å². The maximum Gasteiger partial charge on any atom is 0.255 e. The highest BCUT2D eigenvalue weighted by Gasteiger charge is 2.33. The third kappa shape index (κ3) is 6.64. The van der Waals surface area contributed by atoms with Gasteiger partial charge in [0.05, 0.1) is 50.9 Å². The number of hydrogen-bond acceptors (Lipinski definition) is 9. The van der Waals surface area contributed by atoms with Crippen molar-refractivity contribution in [1.82, 2.24) is 25.1 Å². The molecule has 43 heavy (non-hydrogen) atoms. The largest absolute Gasteiger partial charge is 0.497 e. The van der Waals surface area contributed by atoms with Gasteiger partial charge in [-0.1, -0.05) is 36.0 Å². The third-order valence-electron chi connectivity index (χ3n) is 7.10. The molecule has 5 rings (SSSR count). The zero-order valence-electron chi connectivity index (χ0n) is 24.3. The number of thioether (sulfide) groups is 1. The highest BCUT2D eigenvalue weighted by atomic mass is 32.2. The molecule has 1 aliphatic rings. The van der Waals surface area contributed by atoms with Gasteiger partial charge in [0, 0.05) is 13.5 Å². The number of nitrogens with one attached hydrogen (secondary N) is 1. The molecule has 0 saturated carbocycles. The van der Waals surface area contributed by atoms with Crippen molar-refractivity contribution < 1.29 is 23.8 Å². The van der Waals surface area contributed by atoms with E-state index in [9.17, 15) is 9.59 Å². The number of hydrazone groups is 1. The van der Waals surface area contributed by atoms with Gasteiger partial charge in [0.15, 0.2) is 11.0 Å². The summed E-state index contributed by atoms with van der Waals surface area (Å²) in [5.41, 5.74) is 3.13. The van der Waals surface area contributed by atoms with Crippen LogP contribution in [-0.4, -0.2) is 64.4 Å². The first kappa shape index (κ1) is 29.6. The van der Waals surface area contributed by atoms with Crippen molar-refractivity contribution in [1.29, 1.82) is 0 Å². The minimum absolute atomic E-state index is 0.103. The summed E-state index contributed by atoms with van der Waals surface area (Å²) in [6, 6.07) is 22.0. The van der Waals surface area contributed by atoms with Gasteiger partial charge >= 0.3 is 0 Å². The van der Waals surface area contributed by atoms with Gasteiger partial charge in [0.2, 0.25) is 0 Å². The van der Waals surface area contributed by atoms with Gasteiger partial charge < -0.3 is 24.1 Å². The summed E-state index contributed by atoms with van der Waals surface area (Å²) < 4.78 is 17.6. The maximum atomic E-state index is 13.6. The number of amides is 2. The lowest BCUT2D eigenvalue weighted by molar-refractivity contribution is -0.130. The molecule has 2 heterocycles. The standard InChI is InChI=1S/C31H32N6O5S/c1-36-28(18-32-30(39)24-7-5-6-8-27(24)42-4)33-34-31(36)43-19-29(38)37-26(21-11-15-23(41-3)16-12-21)17-25(35-37)20-9-13-22(40-2)14-10-20/h5-16,26H,17-19H2,1-4H3,(H,32,39)/t26-/m1/s1. The molecule has 0 aliphatic carbocycles. The number of hydrogen-bond donors (Lipinski definition) is 1. The Hall–Kier alpha value is -4.84. The fraction of sp³-hybridized carbons (Fsp3) is 0.258. The molecule has 3 aromatic carbocycles. The van der Waals surface area contributed by atoms with E-state index in [-0.39, 0.29) is 30.2 Å². The van der Waals surface area contributed by atoms with Crippen LogP contribution in [0.4, 0.5) is 0 Å². The molecular weight excluding hydrogens is 568 g/mol. The fourth-order valence-electron chi connectivity index (χ4n) is 4.69. The summed E-state index contributed by atoms with van der Waals surface area (Å²) in [7, 11) is 6.56. The van der Waals surface area contributed by atoms with Gasteiger partial charge in [-0.2, -0.15) is 5.10 Å². The Kier molecular flexibility index (Phi) is 9.26. The predicted molar refractivity (Wildman–Crippen MR) is 163 cm³/mol. The lowest BCUT2D eigenvalue weighted by Gasteiger charge is -2.22. The van der Waals surface area contributed by atoms with E-state index in [4.69, 9.17) is 19.3 Å². The average Bonchev–Trinajstić information content (AvgIpc) is 3.66. The van der Waals surface area contributed by atoms with Crippen LogP contribution in [-0.2, 0) is 18.4 Å². The van der Waals surface area contributed by atoms with Crippen molar-refractivity contribution in [2.24, 2.45) is 12.1 Å². The van der Waals surface area contributed by atoms with Crippen LogP contribution in [0.1, 0.15) is 39.8 Å². The second-order valence-electron chi connectivity index (χ2n) is 9.64. The molecule has 0 saturated heterocycles. The van der Waals surface area contributed by atoms with E-state index in [0.717, 1.165) is 28.3 Å². The predicted octanol–water partition coefficient (Wildman–Crippen LogP) is 4.24. The topological polar surface area (TPSA) is 120 Å². The minimum atomic E-state index is -0.283. The maximum absolute atomic E-state index is 13.6. The Morgan fingerprint density at radius 2 is 1.58 bits per heavy atom. The molecule has 0 unspecified atom stereocenters. The highest BCUT2D eigenvalue weighted by molar-refractivity contribution is 7.99. The van der Waals surface area contributed by atoms with Crippen molar-refractivity contribution in [2.75, 3.05) is 27.1 Å². The summed E-state index contributed by atoms with van der Waals surface area (Å²) in [6.45, 7) is 0.163. The Labute approximate surface area is 253 Å². The quantitative estimate of drug-likeness (QED) is 0.254. The zero-order chi connectivity index (χ0) is 30.3. The fourth-order valence-corrected chi connectivity index (χ4v) is 5.47. The van der Waals surface area contributed by atoms with E-state index in [1.165, 1.54) is 18.9 Å². The van der Waals surface area contributed by atoms with E-state index in [0.29, 0.717) is 28.7 Å². The first-order chi connectivity index (χ1) is 20.9. The van der Waals surface area contributed by atoms with Crippen LogP contribution in [0.2, 0.25) is 0 Å². The Morgan fingerprint density at radius 1 is 0.907 bits per heavy atom. The van der Waals surface area contributed by atoms with Crippen LogP contribution >= 0.6 is 11.8 Å². The molecule has 1 N–H and O–H groups in total. The van der Waals surface area contributed by atoms with E-state index in [1.54, 1.807) is 55.1 Å². The number of para-hydroxylation sites is 1. The monoisotopic (exact) mass is 600 g/mol. The molecule has 1 aromatic heterocycles. The van der Waals surface area contributed by atoms with E-state index >= 15 is 0 Å². The van der Waals surface area contributed by atoms with Crippen molar-refractivity contribution in [3.8, 4) is 17.2 Å². The number of ether oxygens (including phenoxy) is 3. The molecule has 222 valence electrons. The van der Waals surface area contributed by atoms with Crippen LogP contribution in [0.5, 0.6) is 17.2 Å². The number of rotatable bonds is 11. The minimum Gasteiger partial charge on any atom is -0.497 e. The summed E-state index contributed by atoms with van der Waals surface area (Å²) in [4.78, 5) is 26.3. The molecule has 0 radical (unpaired) electrons.